The number of morpholine rings is 1. The van der Waals surface area contributed by atoms with Gasteiger partial charge >= 0.3 is 0 Å². The molecule has 2 aliphatic rings. The predicted octanol–water partition coefficient (Wildman–Crippen LogP) is 1.99. The summed E-state index contributed by atoms with van der Waals surface area (Å²) in [6, 6.07) is 0. The third-order valence-corrected chi connectivity index (χ3v) is 4.89. The number of rotatable bonds is 6. The Balaban J connectivity index is 1.56. The highest BCUT2D eigenvalue weighted by atomic mass is 32.1. The summed E-state index contributed by atoms with van der Waals surface area (Å²) in [5.41, 5.74) is 1.22. The van der Waals surface area contributed by atoms with Crippen LogP contribution in [0.1, 0.15) is 23.5 Å². The monoisotopic (exact) mass is 295 g/mol. The van der Waals surface area contributed by atoms with E-state index in [4.69, 9.17) is 4.74 Å². The molecule has 3 rings (SSSR count). The first kappa shape index (κ1) is 14.4. The van der Waals surface area contributed by atoms with Gasteiger partial charge in [0, 0.05) is 38.1 Å². The molecule has 1 saturated carbocycles. The molecule has 1 aromatic rings. The van der Waals surface area contributed by atoms with Gasteiger partial charge in [-0.25, -0.2) is 4.98 Å². The molecule has 112 valence electrons. The van der Waals surface area contributed by atoms with Crippen molar-refractivity contribution in [3.05, 3.63) is 16.1 Å². The van der Waals surface area contributed by atoms with E-state index in [9.17, 15) is 0 Å². The van der Waals surface area contributed by atoms with Crippen LogP contribution >= 0.6 is 11.3 Å². The molecule has 0 radical (unpaired) electrons. The first-order chi connectivity index (χ1) is 9.69. The summed E-state index contributed by atoms with van der Waals surface area (Å²) in [4.78, 5) is 9.53. The summed E-state index contributed by atoms with van der Waals surface area (Å²) >= 11 is 1.75. The zero-order valence-corrected chi connectivity index (χ0v) is 13.4. The summed E-state index contributed by atoms with van der Waals surface area (Å²) in [6.45, 7) is 8.29. The lowest BCUT2D eigenvalue weighted by Gasteiger charge is -2.33. The minimum absolute atomic E-state index is 0.354. The Morgan fingerprint density at radius 3 is 2.95 bits per heavy atom. The van der Waals surface area contributed by atoms with Crippen LogP contribution in [0.3, 0.4) is 0 Å². The Labute approximate surface area is 125 Å². The van der Waals surface area contributed by atoms with Crippen molar-refractivity contribution in [2.45, 2.75) is 32.4 Å². The summed E-state index contributed by atoms with van der Waals surface area (Å²) in [7, 11) is 2.19. The largest absolute Gasteiger partial charge is 0.374 e. The van der Waals surface area contributed by atoms with Gasteiger partial charge in [0.2, 0.25) is 0 Å². The van der Waals surface area contributed by atoms with Crippen molar-refractivity contribution in [2.75, 3.05) is 39.8 Å². The molecule has 0 unspecified atom stereocenters. The van der Waals surface area contributed by atoms with E-state index < -0.39 is 0 Å². The van der Waals surface area contributed by atoms with E-state index in [1.165, 1.54) is 30.1 Å². The average Bonchev–Trinajstić information content (AvgIpc) is 3.11. The van der Waals surface area contributed by atoms with Crippen molar-refractivity contribution in [1.29, 1.82) is 0 Å². The minimum Gasteiger partial charge on any atom is -0.374 e. The zero-order chi connectivity index (χ0) is 13.9. The second kappa shape index (κ2) is 6.52. The second-order valence-electron chi connectivity index (χ2n) is 6.25. The van der Waals surface area contributed by atoms with Gasteiger partial charge in [-0.3, -0.25) is 4.90 Å². The molecule has 5 heteroatoms. The van der Waals surface area contributed by atoms with Crippen LogP contribution in [0.5, 0.6) is 0 Å². The molecule has 1 atom stereocenters. The van der Waals surface area contributed by atoms with Crippen molar-refractivity contribution in [2.24, 2.45) is 5.92 Å². The number of hydrogen-bond donors (Lipinski definition) is 0. The number of likely N-dealkylation sites (N-methyl/N-ethyl adjacent to an activating group) is 1. The van der Waals surface area contributed by atoms with Crippen molar-refractivity contribution in [1.82, 2.24) is 14.8 Å². The van der Waals surface area contributed by atoms with Crippen molar-refractivity contribution >= 4 is 11.3 Å². The standard InChI is InChI=1S/C15H25N3OS/c1-12-16-14(11-20-12)8-18(7-13-3-4-13)10-15-9-17(2)5-6-19-15/h11,13,15H,3-10H2,1-2H3/t15-/m0/s1. The van der Waals surface area contributed by atoms with E-state index in [2.05, 4.69) is 34.1 Å². The van der Waals surface area contributed by atoms with E-state index in [-0.39, 0.29) is 0 Å². The van der Waals surface area contributed by atoms with Gasteiger partial charge in [-0.05, 0) is 32.7 Å². The van der Waals surface area contributed by atoms with Gasteiger partial charge < -0.3 is 9.64 Å². The molecular weight excluding hydrogens is 270 g/mol. The van der Waals surface area contributed by atoms with Crippen LogP contribution in [-0.4, -0.2) is 60.7 Å². The molecule has 0 N–H and O–H groups in total. The highest BCUT2D eigenvalue weighted by molar-refractivity contribution is 7.09. The van der Waals surface area contributed by atoms with Crippen LogP contribution in [0, 0.1) is 12.8 Å². The molecule has 1 aromatic heterocycles. The van der Waals surface area contributed by atoms with Gasteiger partial charge in [0.15, 0.2) is 0 Å². The number of aromatic nitrogens is 1. The molecule has 1 aliphatic carbocycles. The normalized spacial score (nSPS) is 24.4. The summed E-state index contributed by atoms with van der Waals surface area (Å²) in [5, 5.41) is 3.36. The number of nitrogens with zero attached hydrogens (tertiary/aromatic N) is 3. The number of aryl methyl sites for hydroxylation is 1. The van der Waals surface area contributed by atoms with Crippen LogP contribution in [0.15, 0.2) is 5.38 Å². The average molecular weight is 295 g/mol. The van der Waals surface area contributed by atoms with Crippen LogP contribution in [0.4, 0.5) is 0 Å². The Hall–Kier alpha value is -0.490. The minimum atomic E-state index is 0.354. The topological polar surface area (TPSA) is 28.6 Å². The van der Waals surface area contributed by atoms with E-state index >= 15 is 0 Å². The Kier molecular flexibility index (Phi) is 4.71. The molecule has 4 nitrogen and oxygen atoms in total. The quantitative estimate of drug-likeness (QED) is 0.802. The number of hydrogen-bond acceptors (Lipinski definition) is 5. The molecule has 1 saturated heterocycles. The van der Waals surface area contributed by atoms with E-state index in [1.54, 1.807) is 11.3 Å². The van der Waals surface area contributed by atoms with Crippen LogP contribution < -0.4 is 0 Å². The zero-order valence-electron chi connectivity index (χ0n) is 12.5. The SMILES string of the molecule is Cc1nc(CN(CC2CC2)C[C@@H]2CN(C)CCO2)cs1. The molecule has 0 bridgehead atoms. The van der Waals surface area contributed by atoms with Gasteiger partial charge in [0.05, 0.1) is 23.4 Å². The fraction of sp³-hybridized carbons (Fsp3) is 0.800. The van der Waals surface area contributed by atoms with Gasteiger partial charge in [-0.15, -0.1) is 11.3 Å². The van der Waals surface area contributed by atoms with Crippen LogP contribution in [-0.2, 0) is 11.3 Å². The van der Waals surface area contributed by atoms with Crippen molar-refractivity contribution in [3.63, 3.8) is 0 Å². The molecule has 2 fully saturated rings. The summed E-state index contributed by atoms with van der Waals surface area (Å²) in [5.74, 6) is 0.913. The molecule has 20 heavy (non-hydrogen) atoms. The van der Waals surface area contributed by atoms with Crippen molar-refractivity contribution in [3.8, 4) is 0 Å². The lowest BCUT2D eigenvalue weighted by atomic mass is 10.2. The van der Waals surface area contributed by atoms with Gasteiger partial charge in [0.25, 0.3) is 0 Å². The lowest BCUT2D eigenvalue weighted by Crippen LogP contribution is -2.46. The van der Waals surface area contributed by atoms with Crippen molar-refractivity contribution < 1.29 is 4.74 Å². The third-order valence-electron chi connectivity index (χ3n) is 4.07. The highest BCUT2D eigenvalue weighted by Gasteiger charge is 2.27. The van der Waals surface area contributed by atoms with E-state index in [0.717, 1.165) is 38.7 Å². The van der Waals surface area contributed by atoms with Gasteiger partial charge in [-0.2, -0.15) is 0 Å². The maximum atomic E-state index is 5.92. The number of ether oxygens (including phenoxy) is 1. The molecule has 0 amide bonds. The van der Waals surface area contributed by atoms with E-state index in [1.807, 2.05) is 0 Å². The third kappa shape index (κ3) is 4.25. The molecule has 2 heterocycles. The summed E-state index contributed by atoms with van der Waals surface area (Å²) in [6.07, 6.45) is 3.16. The van der Waals surface area contributed by atoms with Gasteiger partial charge in [0.1, 0.15) is 0 Å². The van der Waals surface area contributed by atoms with Crippen LogP contribution in [0.2, 0.25) is 0 Å². The van der Waals surface area contributed by atoms with E-state index in [0.29, 0.717) is 6.10 Å². The Morgan fingerprint density at radius 2 is 2.30 bits per heavy atom. The molecular formula is C15H25N3OS. The first-order valence-electron chi connectivity index (χ1n) is 7.62. The summed E-state index contributed by atoms with van der Waals surface area (Å²) < 4.78 is 5.92. The maximum absolute atomic E-state index is 5.92. The Bertz CT molecular complexity index is 433. The first-order valence-corrected chi connectivity index (χ1v) is 8.50. The molecule has 1 aliphatic heterocycles. The fourth-order valence-electron chi connectivity index (χ4n) is 2.84. The fourth-order valence-corrected chi connectivity index (χ4v) is 3.45. The smallest absolute Gasteiger partial charge is 0.0897 e. The highest BCUT2D eigenvalue weighted by Crippen LogP contribution is 2.30. The molecule has 0 spiro atoms. The van der Waals surface area contributed by atoms with Crippen LogP contribution in [0.25, 0.3) is 0 Å². The maximum Gasteiger partial charge on any atom is 0.0897 e. The van der Waals surface area contributed by atoms with Gasteiger partial charge in [-0.1, -0.05) is 0 Å². The number of thiazole rings is 1. The lowest BCUT2D eigenvalue weighted by molar-refractivity contribution is -0.0374. The Morgan fingerprint density at radius 1 is 1.45 bits per heavy atom. The predicted molar refractivity (Wildman–Crippen MR) is 82.1 cm³/mol. The second-order valence-corrected chi connectivity index (χ2v) is 7.31. The molecule has 0 aromatic carbocycles.